The number of nitrogens with one attached hydrogen (secondary N) is 1. The van der Waals surface area contributed by atoms with Crippen LogP contribution >= 0.6 is 0 Å². The molecule has 1 aromatic heterocycles. The minimum Gasteiger partial charge on any atom is -0.274 e. The van der Waals surface area contributed by atoms with Gasteiger partial charge in [0, 0.05) is 24.7 Å². The highest BCUT2D eigenvalue weighted by molar-refractivity contribution is 5.21. The van der Waals surface area contributed by atoms with E-state index < -0.39 is 11.9 Å². The van der Waals surface area contributed by atoms with Crippen LogP contribution in [0.25, 0.3) is 0 Å². The first-order valence-electron chi connectivity index (χ1n) is 8.96. The Kier molecular flexibility index (Phi) is 4.75. The zero-order valence-corrected chi connectivity index (χ0v) is 15.0. The molecule has 2 aromatic carbocycles. The summed E-state index contributed by atoms with van der Waals surface area (Å²) < 4.78 is 1.47. The molecule has 0 spiro atoms. The normalized spacial score (nSPS) is 20.0. The van der Waals surface area contributed by atoms with Crippen LogP contribution < -0.4 is 11.2 Å². The van der Waals surface area contributed by atoms with Crippen molar-refractivity contribution in [1.29, 1.82) is 0 Å². The number of nitrogens with zero attached hydrogens (tertiary/aromatic N) is 2. The number of H-pyrrole nitrogens is 1. The quantitative estimate of drug-likeness (QED) is 0.774. The van der Waals surface area contributed by atoms with Crippen LogP contribution in [0.1, 0.15) is 35.4 Å². The minimum atomic E-state index is -0.470. The maximum atomic E-state index is 12.3. The molecule has 1 saturated heterocycles. The van der Waals surface area contributed by atoms with E-state index in [1.807, 2.05) is 41.5 Å². The molecule has 0 bridgehead atoms. The van der Waals surface area contributed by atoms with Gasteiger partial charge >= 0.3 is 5.69 Å². The zero-order valence-electron chi connectivity index (χ0n) is 15.0. The third-order valence-electron chi connectivity index (χ3n) is 4.85. The van der Waals surface area contributed by atoms with Crippen LogP contribution in [0.5, 0.6) is 0 Å². The Morgan fingerprint density at radius 1 is 1.04 bits per heavy atom. The molecule has 2 heterocycles. The highest BCUT2D eigenvalue weighted by Gasteiger charge is 2.36. The van der Waals surface area contributed by atoms with Crippen molar-refractivity contribution < 1.29 is 4.84 Å². The van der Waals surface area contributed by atoms with Crippen molar-refractivity contribution >= 4 is 0 Å². The van der Waals surface area contributed by atoms with Crippen molar-refractivity contribution in [3.8, 4) is 0 Å². The first kappa shape index (κ1) is 17.5. The third kappa shape index (κ3) is 3.63. The highest BCUT2D eigenvalue weighted by atomic mass is 16.7. The Bertz CT molecular complexity index is 1030. The van der Waals surface area contributed by atoms with Gasteiger partial charge in [0.25, 0.3) is 5.56 Å². The summed E-state index contributed by atoms with van der Waals surface area (Å²) in [6.45, 7) is 2.29. The predicted octanol–water partition coefficient (Wildman–Crippen LogP) is 2.92. The topological polar surface area (TPSA) is 67.3 Å². The van der Waals surface area contributed by atoms with Crippen molar-refractivity contribution in [2.45, 2.75) is 32.2 Å². The summed E-state index contributed by atoms with van der Waals surface area (Å²) in [5.74, 6) is 0. The SMILES string of the molecule is Cc1cn([C@@H]2C[C@@H](c3ccccc3)N(Cc3ccccc3)O2)c(=O)[nH]c1=O. The number of aryl methyl sites for hydroxylation is 1. The van der Waals surface area contributed by atoms with Gasteiger partial charge in [0.1, 0.15) is 0 Å². The largest absolute Gasteiger partial charge is 0.330 e. The molecule has 138 valence electrons. The lowest BCUT2D eigenvalue weighted by Crippen LogP contribution is -2.33. The van der Waals surface area contributed by atoms with Gasteiger partial charge in [0.15, 0.2) is 6.23 Å². The molecule has 0 saturated carbocycles. The molecule has 1 N–H and O–H groups in total. The molecule has 6 nitrogen and oxygen atoms in total. The van der Waals surface area contributed by atoms with Crippen LogP contribution in [0.4, 0.5) is 0 Å². The second-order valence-electron chi connectivity index (χ2n) is 6.76. The summed E-state index contributed by atoms with van der Waals surface area (Å²) >= 11 is 0. The zero-order chi connectivity index (χ0) is 18.8. The lowest BCUT2D eigenvalue weighted by atomic mass is 10.0. The van der Waals surface area contributed by atoms with Crippen LogP contribution in [0.3, 0.4) is 0 Å². The maximum Gasteiger partial charge on any atom is 0.330 e. The Hall–Kier alpha value is -2.96. The molecule has 1 aliphatic heterocycles. The van der Waals surface area contributed by atoms with Gasteiger partial charge in [0.05, 0.1) is 6.04 Å². The van der Waals surface area contributed by atoms with Gasteiger partial charge < -0.3 is 0 Å². The lowest BCUT2D eigenvalue weighted by Gasteiger charge is -2.23. The molecule has 1 aliphatic rings. The Morgan fingerprint density at radius 2 is 1.70 bits per heavy atom. The van der Waals surface area contributed by atoms with Crippen molar-refractivity contribution in [3.63, 3.8) is 0 Å². The average Bonchev–Trinajstić information content (AvgIpc) is 3.09. The molecule has 0 radical (unpaired) electrons. The van der Waals surface area contributed by atoms with Crippen LogP contribution in [0.2, 0.25) is 0 Å². The second-order valence-corrected chi connectivity index (χ2v) is 6.76. The summed E-state index contributed by atoms with van der Waals surface area (Å²) in [6.07, 6.45) is 1.71. The first-order chi connectivity index (χ1) is 13.1. The molecule has 0 aliphatic carbocycles. The molecule has 0 amide bonds. The molecular weight excluding hydrogens is 342 g/mol. The van der Waals surface area contributed by atoms with Crippen LogP contribution in [-0.4, -0.2) is 14.6 Å². The van der Waals surface area contributed by atoms with Crippen molar-refractivity contribution in [2.75, 3.05) is 0 Å². The molecule has 27 heavy (non-hydrogen) atoms. The fraction of sp³-hybridized carbons (Fsp3) is 0.238. The number of hydrogen-bond donors (Lipinski definition) is 1. The van der Waals surface area contributed by atoms with Gasteiger partial charge in [0.2, 0.25) is 0 Å². The summed E-state index contributed by atoms with van der Waals surface area (Å²) in [6, 6.07) is 20.2. The molecule has 0 unspecified atom stereocenters. The smallest absolute Gasteiger partial charge is 0.274 e. The van der Waals surface area contributed by atoms with E-state index in [2.05, 4.69) is 29.2 Å². The van der Waals surface area contributed by atoms with Crippen molar-refractivity contribution in [3.05, 3.63) is 104 Å². The molecule has 6 heteroatoms. The average molecular weight is 363 g/mol. The van der Waals surface area contributed by atoms with E-state index in [-0.39, 0.29) is 11.6 Å². The molecule has 2 atom stereocenters. The monoisotopic (exact) mass is 363 g/mol. The molecule has 3 aromatic rings. The number of rotatable bonds is 4. The van der Waals surface area contributed by atoms with Gasteiger partial charge in [-0.3, -0.25) is 19.2 Å². The Balaban J connectivity index is 1.68. The first-order valence-corrected chi connectivity index (χ1v) is 8.96. The third-order valence-corrected chi connectivity index (χ3v) is 4.85. The molecule has 1 fully saturated rings. The van der Waals surface area contributed by atoms with E-state index in [0.717, 1.165) is 11.1 Å². The predicted molar refractivity (Wildman–Crippen MR) is 102 cm³/mol. The highest BCUT2D eigenvalue weighted by Crippen LogP contribution is 2.39. The Morgan fingerprint density at radius 3 is 2.41 bits per heavy atom. The second kappa shape index (κ2) is 7.34. The van der Waals surface area contributed by atoms with E-state index in [9.17, 15) is 9.59 Å². The number of benzene rings is 2. The summed E-state index contributed by atoms with van der Waals surface area (Å²) in [5, 5.41) is 1.92. The van der Waals surface area contributed by atoms with Crippen molar-refractivity contribution in [2.24, 2.45) is 0 Å². The van der Waals surface area contributed by atoms with E-state index in [0.29, 0.717) is 18.5 Å². The summed E-state index contributed by atoms with van der Waals surface area (Å²) in [7, 11) is 0. The fourth-order valence-corrected chi connectivity index (χ4v) is 3.43. The van der Waals surface area contributed by atoms with Gasteiger partial charge in [-0.1, -0.05) is 60.7 Å². The van der Waals surface area contributed by atoms with E-state index in [4.69, 9.17) is 4.84 Å². The van der Waals surface area contributed by atoms with E-state index in [1.165, 1.54) is 4.57 Å². The summed E-state index contributed by atoms with van der Waals surface area (Å²) in [4.78, 5) is 32.5. The maximum absolute atomic E-state index is 12.3. The minimum absolute atomic E-state index is 0.00976. The van der Waals surface area contributed by atoms with Gasteiger partial charge in [-0.25, -0.2) is 4.79 Å². The van der Waals surface area contributed by atoms with Gasteiger partial charge in [-0.2, -0.15) is 5.06 Å². The standard InChI is InChI=1S/C21H21N3O3/c1-15-13-23(21(26)22-20(15)25)19-12-18(17-10-6-3-7-11-17)24(27-19)14-16-8-4-2-5-9-16/h2-11,13,18-19H,12,14H2,1H3,(H,22,25,26)/t18-,19-/m0/s1. The van der Waals surface area contributed by atoms with E-state index >= 15 is 0 Å². The van der Waals surface area contributed by atoms with E-state index in [1.54, 1.807) is 13.1 Å². The molecular formula is C21H21N3O3. The number of hydroxylamine groups is 2. The number of aromatic nitrogens is 2. The lowest BCUT2D eigenvalue weighted by molar-refractivity contribution is -0.191. The van der Waals surface area contributed by atoms with Crippen LogP contribution in [0, 0.1) is 6.92 Å². The number of hydrogen-bond acceptors (Lipinski definition) is 4. The van der Waals surface area contributed by atoms with Gasteiger partial charge in [-0.05, 0) is 18.1 Å². The fourth-order valence-electron chi connectivity index (χ4n) is 3.43. The van der Waals surface area contributed by atoms with Crippen LogP contribution in [0.15, 0.2) is 76.4 Å². The van der Waals surface area contributed by atoms with Crippen molar-refractivity contribution in [1.82, 2.24) is 14.6 Å². The van der Waals surface area contributed by atoms with Crippen LogP contribution in [-0.2, 0) is 11.4 Å². The Labute approximate surface area is 156 Å². The summed E-state index contributed by atoms with van der Waals surface area (Å²) in [5.41, 5.74) is 1.92. The molecule has 4 rings (SSSR count). The number of aromatic amines is 1. The van der Waals surface area contributed by atoms with Gasteiger partial charge in [-0.15, -0.1) is 0 Å².